The first-order chi connectivity index (χ1) is 10.5. The zero-order valence-corrected chi connectivity index (χ0v) is 14.0. The minimum Gasteiger partial charge on any atom is -0.459 e. The van der Waals surface area contributed by atoms with E-state index in [0.29, 0.717) is 11.1 Å². The second kappa shape index (κ2) is 9.28. The molecule has 0 aromatic carbocycles. The molecular weight excluding hydrogens is 282 g/mol. The van der Waals surface area contributed by atoms with Gasteiger partial charge in [-0.2, -0.15) is 0 Å². The average Bonchev–Trinajstić information content (AvgIpc) is 2.57. The van der Waals surface area contributed by atoms with Gasteiger partial charge in [-0.15, -0.1) is 0 Å². The van der Waals surface area contributed by atoms with Crippen molar-refractivity contribution in [1.82, 2.24) is 5.32 Å². The van der Waals surface area contributed by atoms with Crippen LogP contribution in [0.5, 0.6) is 0 Å². The number of hydrogen-bond donors (Lipinski definition) is 1. The van der Waals surface area contributed by atoms with Gasteiger partial charge in [-0.1, -0.05) is 27.7 Å². The number of dihydropyridines is 1. The molecule has 0 spiro atoms. The van der Waals surface area contributed by atoms with Crippen LogP contribution in [0.25, 0.3) is 0 Å². The lowest BCUT2D eigenvalue weighted by Gasteiger charge is -2.20. The maximum absolute atomic E-state index is 12.1. The minimum atomic E-state index is -0.373. The third-order valence-electron chi connectivity index (χ3n) is 3.79. The molecule has 0 aromatic heterocycles. The lowest BCUT2D eigenvalue weighted by atomic mass is 10.0. The predicted octanol–water partition coefficient (Wildman–Crippen LogP) is 3.21. The molecule has 0 aliphatic carbocycles. The van der Waals surface area contributed by atoms with Gasteiger partial charge in [0.15, 0.2) is 0 Å². The molecule has 0 amide bonds. The zero-order chi connectivity index (χ0) is 16.5. The van der Waals surface area contributed by atoms with Gasteiger partial charge in [0.05, 0.1) is 11.1 Å². The van der Waals surface area contributed by atoms with Crippen molar-refractivity contribution in [3.05, 3.63) is 23.5 Å². The number of nitrogens with one attached hydrogen (secondary N) is 1. The normalized spacial score (nSPS) is 14.3. The average molecular weight is 309 g/mol. The van der Waals surface area contributed by atoms with Crippen molar-refractivity contribution in [2.75, 3.05) is 0 Å². The summed E-state index contributed by atoms with van der Waals surface area (Å²) < 4.78 is 10.8. The Hall–Kier alpha value is -1.78. The highest BCUT2D eigenvalue weighted by Gasteiger charge is 2.24. The molecule has 0 atom stereocenters. The van der Waals surface area contributed by atoms with Crippen molar-refractivity contribution in [1.29, 1.82) is 0 Å². The number of hydrogen-bond acceptors (Lipinski definition) is 5. The van der Waals surface area contributed by atoms with E-state index in [4.69, 9.17) is 9.47 Å². The summed E-state index contributed by atoms with van der Waals surface area (Å²) in [5.74, 6) is -0.746. The van der Waals surface area contributed by atoms with E-state index < -0.39 is 0 Å². The molecule has 22 heavy (non-hydrogen) atoms. The fourth-order valence-corrected chi connectivity index (χ4v) is 2.18. The van der Waals surface area contributed by atoms with Crippen LogP contribution in [-0.2, 0) is 19.1 Å². The van der Waals surface area contributed by atoms with Crippen LogP contribution in [0.1, 0.15) is 59.8 Å². The molecule has 1 heterocycles. The van der Waals surface area contributed by atoms with Crippen LogP contribution >= 0.6 is 0 Å². The summed E-state index contributed by atoms with van der Waals surface area (Å²) in [7, 11) is 0. The van der Waals surface area contributed by atoms with Gasteiger partial charge >= 0.3 is 11.9 Å². The fourth-order valence-electron chi connectivity index (χ4n) is 2.18. The first-order valence-electron chi connectivity index (χ1n) is 8.11. The summed E-state index contributed by atoms with van der Waals surface area (Å²) in [6.07, 6.45) is 6.36. The number of carbonyl (C=O) groups excluding carboxylic acids is 2. The summed E-state index contributed by atoms with van der Waals surface area (Å²) in [5, 5.41) is 2.84. The van der Waals surface area contributed by atoms with Gasteiger partial charge in [0.25, 0.3) is 0 Å². The summed E-state index contributed by atoms with van der Waals surface area (Å²) in [5.41, 5.74) is 0.900. The molecule has 0 unspecified atom stereocenters. The van der Waals surface area contributed by atoms with E-state index in [1.165, 1.54) is 0 Å². The Morgan fingerprint density at radius 1 is 0.909 bits per heavy atom. The Morgan fingerprint density at radius 3 is 1.59 bits per heavy atom. The van der Waals surface area contributed by atoms with Gasteiger partial charge in [0, 0.05) is 18.8 Å². The SMILES string of the molecule is CCC(CC)OC(=O)C1=CNC=C(C(=O)OC(CC)CC)C1. The van der Waals surface area contributed by atoms with Crippen LogP contribution < -0.4 is 5.32 Å². The van der Waals surface area contributed by atoms with E-state index in [0.717, 1.165) is 25.7 Å². The first kappa shape index (κ1) is 18.3. The van der Waals surface area contributed by atoms with Crippen LogP contribution in [0.4, 0.5) is 0 Å². The molecule has 0 saturated heterocycles. The van der Waals surface area contributed by atoms with Crippen LogP contribution in [0.15, 0.2) is 23.5 Å². The molecule has 0 bridgehead atoms. The standard InChI is InChI=1S/C17H27NO4/c1-5-14(6-2)21-16(19)12-9-13(11-18-10-12)17(20)22-15(7-3)8-4/h10-11,14-15,18H,5-9H2,1-4H3. The van der Waals surface area contributed by atoms with Crippen molar-refractivity contribution < 1.29 is 19.1 Å². The van der Waals surface area contributed by atoms with Crippen LogP contribution in [0, 0.1) is 0 Å². The molecule has 5 nitrogen and oxygen atoms in total. The van der Waals surface area contributed by atoms with Gasteiger partial charge in [0.2, 0.25) is 0 Å². The highest BCUT2D eigenvalue weighted by atomic mass is 16.5. The van der Waals surface area contributed by atoms with Crippen LogP contribution in [-0.4, -0.2) is 24.1 Å². The van der Waals surface area contributed by atoms with Gasteiger partial charge < -0.3 is 14.8 Å². The topological polar surface area (TPSA) is 64.6 Å². The molecular formula is C17H27NO4. The van der Waals surface area contributed by atoms with Crippen molar-refractivity contribution >= 4 is 11.9 Å². The molecule has 5 heteroatoms. The number of carbonyl (C=O) groups is 2. The highest BCUT2D eigenvalue weighted by molar-refractivity contribution is 5.95. The number of ether oxygens (including phenoxy) is 2. The van der Waals surface area contributed by atoms with E-state index in [2.05, 4.69) is 5.32 Å². The Kier molecular flexibility index (Phi) is 7.71. The largest absolute Gasteiger partial charge is 0.459 e. The third kappa shape index (κ3) is 5.20. The monoisotopic (exact) mass is 309 g/mol. The predicted molar refractivity (Wildman–Crippen MR) is 84.8 cm³/mol. The quantitative estimate of drug-likeness (QED) is 0.697. The zero-order valence-electron chi connectivity index (χ0n) is 14.0. The van der Waals surface area contributed by atoms with Crippen molar-refractivity contribution in [3.63, 3.8) is 0 Å². The highest BCUT2D eigenvalue weighted by Crippen LogP contribution is 2.19. The molecule has 124 valence electrons. The lowest BCUT2D eigenvalue weighted by Crippen LogP contribution is -2.25. The van der Waals surface area contributed by atoms with Gasteiger partial charge in [-0.05, 0) is 25.7 Å². The molecule has 0 fully saturated rings. The van der Waals surface area contributed by atoms with Crippen molar-refractivity contribution in [2.45, 2.75) is 72.0 Å². The Morgan fingerprint density at radius 2 is 1.27 bits per heavy atom. The third-order valence-corrected chi connectivity index (χ3v) is 3.79. The smallest absolute Gasteiger partial charge is 0.336 e. The Labute approximate surface area is 132 Å². The van der Waals surface area contributed by atoms with Gasteiger partial charge in [-0.3, -0.25) is 0 Å². The van der Waals surface area contributed by atoms with E-state index in [1.807, 2.05) is 27.7 Å². The fraction of sp³-hybridized carbons (Fsp3) is 0.647. The molecule has 1 aliphatic rings. The van der Waals surface area contributed by atoms with Gasteiger partial charge in [-0.25, -0.2) is 9.59 Å². The number of rotatable bonds is 8. The van der Waals surface area contributed by atoms with Crippen LogP contribution in [0.2, 0.25) is 0 Å². The van der Waals surface area contributed by atoms with Crippen molar-refractivity contribution in [3.8, 4) is 0 Å². The lowest BCUT2D eigenvalue weighted by molar-refractivity contribution is -0.145. The van der Waals surface area contributed by atoms with E-state index in [1.54, 1.807) is 12.4 Å². The van der Waals surface area contributed by atoms with Crippen LogP contribution in [0.3, 0.4) is 0 Å². The first-order valence-corrected chi connectivity index (χ1v) is 8.11. The summed E-state index contributed by atoms with van der Waals surface area (Å²) >= 11 is 0. The second-order valence-electron chi connectivity index (χ2n) is 5.37. The molecule has 1 N–H and O–H groups in total. The van der Waals surface area contributed by atoms with E-state index in [-0.39, 0.29) is 30.6 Å². The van der Waals surface area contributed by atoms with Crippen molar-refractivity contribution in [2.24, 2.45) is 0 Å². The molecule has 1 aliphatic heterocycles. The Bertz CT molecular complexity index is 406. The minimum absolute atomic E-state index is 0.0840. The number of esters is 2. The van der Waals surface area contributed by atoms with E-state index in [9.17, 15) is 9.59 Å². The Balaban J connectivity index is 2.60. The molecule has 1 rings (SSSR count). The summed E-state index contributed by atoms with van der Waals surface area (Å²) in [4.78, 5) is 24.2. The summed E-state index contributed by atoms with van der Waals surface area (Å²) in [6, 6.07) is 0. The molecule has 0 radical (unpaired) electrons. The maximum atomic E-state index is 12.1. The second-order valence-corrected chi connectivity index (χ2v) is 5.37. The van der Waals surface area contributed by atoms with E-state index >= 15 is 0 Å². The van der Waals surface area contributed by atoms with Gasteiger partial charge in [0.1, 0.15) is 12.2 Å². The summed E-state index contributed by atoms with van der Waals surface area (Å²) in [6.45, 7) is 7.92. The molecule has 0 aromatic rings. The molecule has 0 saturated carbocycles. The maximum Gasteiger partial charge on any atom is 0.336 e.